The average Bonchev–Trinajstić information content (AvgIpc) is 2.77. The first kappa shape index (κ1) is 22.9. The Kier molecular flexibility index (Phi) is 5.79. The molecule has 3 aromatic rings. The van der Waals surface area contributed by atoms with Gasteiger partial charge in [0.25, 0.3) is 5.91 Å². The molecule has 172 valence electrons. The summed E-state index contributed by atoms with van der Waals surface area (Å²) in [7, 11) is 0. The summed E-state index contributed by atoms with van der Waals surface area (Å²) < 4.78 is 20.6. The normalized spacial score (nSPS) is 14.3. The van der Waals surface area contributed by atoms with Gasteiger partial charge in [-0.25, -0.2) is 4.39 Å². The van der Waals surface area contributed by atoms with Crippen molar-refractivity contribution in [1.29, 1.82) is 5.41 Å². The number of hydrogen-bond donors (Lipinski definition) is 3. The molecule has 0 saturated carbocycles. The highest BCUT2D eigenvalue weighted by molar-refractivity contribution is 6.12. The van der Waals surface area contributed by atoms with E-state index >= 15 is 0 Å². The Balaban J connectivity index is 1.89. The number of amides is 1. The highest BCUT2D eigenvalue weighted by atomic mass is 19.1. The van der Waals surface area contributed by atoms with Crippen molar-refractivity contribution in [2.24, 2.45) is 5.73 Å². The largest absolute Gasteiger partial charge is 0.455 e. The van der Waals surface area contributed by atoms with E-state index in [1.54, 1.807) is 37.3 Å². The quantitative estimate of drug-likeness (QED) is 0.480. The fourth-order valence-electron chi connectivity index (χ4n) is 4.11. The van der Waals surface area contributed by atoms with Gasteiger partial charge in [0.1, 0.15) is 17.2 Å². The number of nitrogens with two attached hydrogens (primary N) is 1. The molecule has 1 aliphatic carbocycles. The average molecular weight is 458 g/mol. The van der Waals surface area contributed by atoms with Gasteiger partial charge in [-0.15, -0.1) is 0 Å². The predicted octanol–water partition coefficient (Wildman–Crippen LogP) is 5.35. The maximum Gasteiger partial charge on any atom is 0.253 e. The molecule has 7 heteroatoms. The Labute approximate surface area is 195 Å². The summed E-state index contributed by atoms with van der Waals surface area (Å²) in [5.41, 5.74) is 9.04. The van der Waals surface area contributed by atoms with Crippen LogP contribution in [0.2, 0.25) is 0 Å². The van der Waals surface area contributed by atoms with Crippen molar-refractivity contribution in [2.45, 2.75) is 26.8 Å². The van der Waals surface area contributed by atoms with E-state index in [4.69, 9.17) is 15.6 Å². The molecule has 0 saturated heterocycles. The number of aryl methyl sites for hydroxylation is 1. The highest BCUT2D eigenvalue weighted by Crippen LogP contribution is 2.33. The summed E-state index contributed by atoms with van der Waals surface area (Å²) in [6.07, 6.45) is 5.03. The van der Waals surface area contributed by atoms with Crippen molar-refractivity contribution in [1.82, 2.24) is 0 Å². The van der Waals surface area contributed by atoms with Crippen LogP contribution in [-0.4, -0.2) is 11.6 Å². The molecular weight excluding hydrogens is 433 g/mol. The lowest BCUT2D eigenvalue weighted by atomic mass is 9.95. The lowest BCUT2D eigenvalue weighted by Crippen LogP contribution is -2.18. The smallest absolute Gasteiger partial charge is 0.253 e. The number of primary amides is 1. The number of benzene rings is 2. The van der Waals surface area contributed by atoms with Crippen molar-refractivity contribution < 1.29 is 13.6 Å². The molecule has 0 spiro atoms. The van der Waals surface area contributed by atoms with Crippen LogP contribution in [0, 0.1) is 25.1 Å². The van der Waals surface area contributed by atoms with Crippen molar-refractivity contribution in [3.05, 3.63) is 105 Å². The minimum Gasteiger partial charge on any atom is -0.455 e. The molecule has 1 atom stereocenters. The third-order valence-corrected chi connectivity index (χ3v) is 5.86. The Bertz CT molecular complexity index is 1510. The van der Waals surface area contributed by atoms with Crippen LogP contribution in [0.15, 0.2) is 69.9 Å². The monoisotopic (exact) mass is 457 g/mol. The minimum absolute atomic E-state index is 0.169. The molecule has 1 aliphatic rings. The fraction of sp³-hybridized carbons (Fsp3) is 0.148. The second kappa shape index (κ2) is 8.59. The SMILES string of the molecule is C=C1C=C(c2oc3c(C(C)Nc4cccc(F)c4C(N)=O)cc(C)cc3c(=O)c2C)C=CC1=N. The number of hydrogen-bond acceptors (Lipinski definition) is 5. The van der Waals surface area contributed by atoms with E-state index in [1.165, 1.54) is 12.1 Å². The number of allylic oxidation sites excluding steroid dienone is 5. The van der Waals surface area contributed by atoms with Crippen LogP contribution in [0.25, 0.3) is 16.5 Å². The van der Waals surface area contributed by atoms with Gasteiger partial charge in [-0.2, -0.15) is 0 Å². The van der Waals surface area contributed by atoms with Crippen LogP contribution in [0.5, 0.6) is 0 Å². The second-order valence-electron chi connectivity index (χ2n) is 8.38. The number of carbonyl (C=O) groups excluding carboxylic acids is 1. The zero-order chi connectivity index (χ0) is 24.7. The van der Waals surface area contributed by atoms with E-state index in [0.29, 0.717) is 44.7 Å². The number of rotatable bonds is 5. The number of carbonyl (C=O) groups is 1. The summed E-state index contributed by atoms with van der Waals surface area (Å²) in [4.78, 5) is 25.1. The molecule has 0 aliphatic heterocycles. The van der Waals surface area contributed by atoms with Crippen molar-refractivity contribution in [3.8, 4) is 0 Å². The van der Waals surface area contributed by atoms with Crippen molar-refractivity contribution in [2.75, 3.05) is 5.32 Å². The van der Waals surface area contributed by atoms with Gasteiger partial charge in [0.05, 0.1) is 28.4 Å². The van der Waals surface area contributed by atoms with E-state index in [-0.39, 0.29) is 16.7 Å². The first-order valence-corrected chi connectivity index (χ1v) is 10.7. The Morgan fingerprint density at radius 1 is 1.24 bits per heavy atom. The first-order valence-electron chi connectivity index (χ1n) is 10.7. The van der Waals surface area contributed by atoms with Crippen molar-refractivity contribution >= 4 is 33.8 Å². The van der Waals surface area contributed by atoms with Gasteiger partial charge in [0.2, 0.25) is 0 Å². The fourth-order valence-corrected chi connectivity index (χ4v) is 4.11. The van der Waals surface area contributed by atoms with E-state index in [2.05, 4.69) is 11.9 Å². The summed E-state index contributed by atoms with van der Waals surface area (Å²) in [5, 5.41) is 11.4. The van der Waals surface area contributed by atoms with Crippen LogP contribution >= 0.6 is 0 Å². The molecule has 6 nitrogen and oxygen atoms in total. The van der Waals surface area contributed by atoms with Gasteiger partial charge in [0, 0.05) is 16.7 Å². The molecule has 1 amide bonds. The maximum atomic E-state index is 14.3. The first-order chi connectivity index (χ1) is 16.1. The lowest BCUT2D eigenvalue weighted by Gasteiger charge is -2.20. The Hall–Kier alpha value is -4.26. The number of fused-ring (bicyclic) bond motifs is 1. The maximum absolute atomic E-state index is 14.3. The topological polar surface area (TPSA) is 109 Å². The van der Waals surface area contributed by atoms with Crippen LogP contribution in [0.4, 0.5) is 10.1 Å². The Morgan fingerprint density at radius 3 is 2.65 bits per heavy atom. The second-order valence-corrected chi connectivity index (χ2v) is 8.38. The summed E-state index contributed by atoms with van der Waals surface area (Å²) in [6, 6.07) is 7.42. The summed E-state index contributed by atoms with van der Waals surface area (Å²) in [5.74, 6) is -1.21. The highest BCUT2D eigenvalue weighted by Gasteiger charge is 2.22. The van der Waals surface area contributed by atoms with Gasteiger partial charge < -0.3 is 20.9 Å². The third-order valence-electron chi connectivity index (χ3n) is 5.86. The molecule has 1 aromatic heterocycles. The minimum atomic E-state index is -0.881. The number of halogens is 1. The predicted molar refractivity (Wildman–Crippen MR) is 133 cm³/mol. The van der Waals surface area contributed by atoms with E-state index in [9.17, 15) is 14.0 Å². The van der Waals surface area contributed by atoms with Gasteiger partial charge >= 0.3 is 0 Å². The lowest BCUT2D eigenvalue weighted by molar-refractivity contribution is 0.0997. The molecule has 2 aromatic carbocycles. The zero-order valence-corrected chi connectivity index (χ0v) is 19.1. The number of nitrogens with one attached hydrogen (secondary N) is 2. The molecular formula is C27H24FN3O3. The summed E-state index contributed by atoms with van der Waals surface area (Å²) >= 11 is 0. The van der Waals surface area contributed by atoms with E-state index in [1.807, 2.05) is 19.9 Å². The van der Waals surface area contributed by atoms with Gasteiger partial charge in [-0.05, 0) is 68.3 Å². The molecule has 4 rings (SSSR count). The Morgan fingerprint density at radius 2 is 1.97 bits per heavy atom. The van der Waals surface area contributed by atoms with Crippen LogP contribution < -0.4 is 16.5 Å². The standard InChI is InChI=1S/C27H24FN3O3/c1-13-10-18(16(4)31-22-7-5-6-20(28)23(22)27(30)33)26-19(11-13)24(32)15(3)25(34-26)17-8-9-21(29)14(2)12-17/h5-12,16,29,31H,2H2,1,3-4H3,(H2,30,33). The van der Waals surface area contributed by atoms with Crippen LogP contribution in [0.3, 0.4) is 0 Å². The van der Waals surface area contributed by atoms with E-state index in [0.717, 1.165) is 5.56 Å². The van der Waals surface area contributed by atoms with Gasteiger partial charge in [0.15, 0.2) is 5.43 Å². The van der Waals surface area contributed by atoms with Crippen molar-refractivity contribution in [3.63, 3.8) is 0 Å². The summed E-state index contributed by atoms with van der Waals surface area (Å²) in [6.45, 7) is 9.27. The zero-order valence-electron chi connectivity index (χ0n) is 19.1. The van der Waals surface area contributed by atoms with Gasteiger partial charge in [-0.3, -0.25) is 9.59 Å². The molecule has 34 heavy (non-hydrogen) atoms. The van der Waals surface area contributed by atoms with Gasteiger partial charge in [-0.1, -0.05) is 18.7 Å². The molecule has 1 unspecified atom stereocenters. The number of anilines is 1. The molecule has 0 fully saturated rings. The molecule has 4 N–H and O–H groups in total. The van der Waals surface area contributed by atoms with Crippen LogP contribution in [0.1, 0.15) is 45.8 Å². The van der Waals surface area contributed by atoms with E-state index < -0.39 is 17.8 Å². The van der Waals surface area contributed by atoms with Crippen LogP contribution in [-0.2, 0) is 0 Å². The molecule has 0 radical (unpaired) electrons. The molecule has 1 heterocycles. The molecule has 0 bridgehead atoms. The third kappa shape index (κ3) is 3.96.